The molecule has 2 aliphatic heterocycles. The molecule has 2 aliphatic rings. The zero-order valence-corrected chi connectivity index (χ0v) is 20.2. The quantitative estimate of drug-likeness (QED) is 0.197. The average Bonchev–Trinajstić information content (AvgIpc) is 3.30. The van der Waals surface area contributed by atoms with Crippen LogP contribution in [0.4, 0.5) is 0 Å². The monoisotopic (exact) mass is 454 g/mol. The minimum atomic E-state index is -3.50. The molecule has 2 heterocycles. The first-order valence-electron chi connectivity index (χ1n) is 12.4. The molecular formula is C30H31O2P. The van der Waals surface area contributed by atoms with E-state index in [0.29, 0.717) is 0 Å². The third-order valence-electron chi connectivity index (χ3n) is 7.26. The molecule has 2 nitrogen and oxygen atoms in total. The molecule has 1 spiro atoms. The van der Waals surface area contributed by atoms with Gasteiger partial charge in [-0.1, -0.05) is 0 Å². The Kier molecular flexibility index (Phi) is 4.96. The molecule has 0 amide bonds. The molecule has 0 atom stereocenters. The van der Waals surface area contributed by atoms with Crippen LogP contribution >= 0.6 is 7.06 Å². The van der Waals surface area contributed by atoms with Gasteiger partial charge in [0.05, 0.1) is 0 Å². The van der Waals surface area contributed by atoms with Gasteiger partial charge in [-0.15, -0.1) is 0 Å². The Bertz CT molecular complexity index is 1280. The average molecular weight is 455 g/mol. The molecule has 4 aromatic carbocycles. The van der Waals surface area contributed by atoms with Gasteiger partial charge in [-0.3, -0.25) is 0 Å². The van der Waals surface area contributed by atoms with Crippen molar-refractivity contribution >= 4 is 39.2 Å². The van der Waals surface area contributed by atoms with E-state index in [1.54, 1.807) is 0 Å². The summed E-state index contributed by atoms with van der Waals surface area (Å²) < 4.78 is 14.2. The standard InChI is InChI=1S/C30H31O2P/c1-2-3-4-5-6-7-8-9-22-33(27-20-12-16-23-14-10-18-25(31-33)29(23)27)28-21-13-17-24-15-11-19-26(32-33)30(24)28/h9-22H,2-8H2,1H3/b22-9+. The Hall–Kier alpha value is -2.83. The molecule has 33 heavy (non-hydrogen) atoms. The zero-order valence-electron chi connectivity index (χ0n) is 19.3. The fraction of sp³-hybridized carbons (Fsp3) is 0.267. The predicted octanol–water partition coefficient (Wildman–Crippen LogP) is 8.38. The van der Waals surface area contributed by atoms with Crippen molar-refractivity contribution in [2.45, 2.75) is 51.9 Å². The number of rotatable bonds is 8. The van der Waals surface area contributed by atoms with Crippen molar-refractivity contribution in [2.24, 2.45) is 0 Å². The van der Waals surface area contributed by atoms with Gasteiger partial charge in [-0.2, -0.15) is 0 Å². The van der Waals surface area contributed by atoms with E-state index < -0.39 is 7.06 Å². The first-order chi connectivity index (χ1) is 16.3. The Morgan fingerprint density at radius 2 is 1.15 bits per heavy atom. The summed E-state index contributed by atoms with van der Waals surface area (Å²) in [6.45, 7) is 2.27. The van der Waals surface area contributed by atoms with Gasteiger partial charge in [0.1, 0.15) is 0 Å². The third-order valence-corrected chi connectivity index (χ3v) is 11.7. The van der Waals surface area contributed by atoms with Crippen LogP contribution in [0.5, 0.6) is 11.5 Å². The maximum absolute atomic E-state index is 7.11. The number of allylic oxidation sites excluding steroid dienone is 1. The Morgan fingerprint density at radius 3 is 1.73 bits per heavy atom. The Labute approximate surface area is 196 Å². The topological polar surface area (TPSA) is 18.5 Å². The van der Waals surface area contributed by atoms with Crippen molar-refractivity contribution < 1.29 is 9.05 Å². The Morgan fingerprint density at radius 1 is 0.636 bits per heavy atom. The van der Waals surface area contributed by atoms with Crippen molar-refractivity contribution in [3.63, 3.8) is 0 Å². The molecule has 0 radical (unpaired) electrons. The van der Waals surface area contributed by atoms with Gasteiger partial charge in [-0.05, 0) is 0 Å². The van der Waals surface area contributed by atoms with Gasteiger partial charge in [0.25, 0.3) is 0 Å². The molecule has 0 unspecified atom stereocenters. The second-order valence-corrected chi connectivity index (χ2v) is 13.1. The first kappa shape index (κ1) is 20.8. The predicted molar refractivity (Wildman–Crippen MR) is 142 cm³/mol. The summed E-state index contributed by atoms with van der Waals surface area (Å²) in [6, 6.07) is 25.8. The minimum absolute atomic E-state index is 0.940. The summed E-state index contributed by atoms with van der Waals surface area (Å²) in [5.74, 6) is 4.21. The van der Waals surface area contributed by atoms with Gasteiger partial charge in [0.15, 0.2) is 0 Å². The van der Waals surface area contributed by atoms with E-state index >= 15 is 0 Å². The molecule has 0 saturated heterocycles. The van der Waals surface area contributed by atoms with Crippen LogP contribution in [0.2, 0.25) is 0 Å². The van der Waals surface area contributed by atoms with Crippen LogP contribution in [0.1, 0.15) is 51.9 Å². The van der Waals surface area contributed by atoms with E-state index in [4.69, 9.17) is 9.05 Å². The van der Waals surface area contributed by atoms with Crippen LogP contribution in [0.3, 0.4) is 0 Å². The molecule has 3 heteroatoms. The van der Waals surface area contributed by atoms with Crippen molar-refractivity contribution in [1.82, 2.24) is 0 Å². The normalized spacial score (nSPS) is 17.9. The number of hydrogen-bond donors (Lipinski definition) is 0. The van der Waals surface area contributed by atoms with Crippen LogP contribution in [0.15, 0.2) is 84.7 Å². The molecular weight excluding hydrogens is 423 g/mol. The van der Waals surface area contributed by atoms with Crippen LogP contribution < -0.4 is 19.7 Å². The third kappa shape index (κ3) is 2.97. The second-order valence-electron chi connectivity index (χ2n) is 9.41. The summed E-state index contributed by atoms with van der Waals surface area (Å²) in [7, 11) is -3.50. The summed E-state index contributed by atoms with van der Waals surface area (Å²) >= 11 is 0. The summed E-state index contributed by atoms with van der Waals surface area (Å²) in [5.41, 5.74) is 0. The number of unbranched alkanes of at least 4 members (excludes halogenated alkanes) is 6. The van der Waals surface area contributed by atoms with Crippen LogP contribution in [-0.2, 0) is 0 Å². The fourth-order valence-corrected chi connectivity index (χ4v) is 10.5. The summed E-state index contributed by atoms with van der Waals surface area (Å²) in [5, 5.41) is 7.23. The molecule has 4 aromatic rings. The molecule has 168 valence electrons. The van der Waals surface area contributed by atoms with E-state index in [1.165, 1.54) is 70.7 Å². The molecule has 0 fully saturated rings. The van der Waals surface area contributed by atoms with Crippen molar-refractivity contribution in [1.29, 1.82) is 0 Å². The SMILES string of the molecule is CCCCCCCC/C=C/P12(Oc3cccc4cccc1c34)Oc1cccc3cccc2c13. The summed E-state index contributed by atoms with van der Waals surface area (Å²) in [6.07, 6.45) is 11.2. The molecule has 6 rings (SSSR count). The van der Waals surface area contributed by atoms with E-state index in [9.17, 15) is 0 Å². The number of hydrogen-bond acceptors (Lipinski definition) is 2. The van der Waals surface area contributed by atoms with E-state index in [0.717, 1.165) is 17.9 Å². The van der Waals surface area contributed by atoms with Crippen molar-refractivity contribution in [3.05, 3.63) is 84.7 Å². The Balaban J connectivity index is 1.47. The second kappa shape index (κ2) is 7.89. The molecule has 0 N–H and O–H groups in total. The van der Waals surface area contributed by atoms with Gasteiger partial charge in [0.2, 0.25) is 0 Å². The van der Waals surface area contributed by atoms with Crippen LogP contribution in [-0.4, -0.2) is 0 Å². The molecule has 0 aliphatic carbocycles. The zero-order chi connectivity index (χ0) is 22.3. The van der Waals surface area contributed by atoms with E-state index in [1.807, 2.05) is 0 Å². The van der Waals surface area contributed by atoms with Crippen LogP contribution in [0.25, 0.3) is 21.5 Å². The first-order valence-corrected chi connectivity index (χ1v) is 14.5. The van der Waals surface area contributed by atoms with Crippen molar-refractivity contribution in [2.75, 3.05) is 0 Å². The van der Waals surface area contributed by atoms with Crippen molar-refractivity contribution in [3.8, 4) is 11.5 Å². The van der Waals surface area contributed by atoms with Gasteiger partial charge in [0, 0.05) is 0 Å². The number of fused-ring (bicyclic) bond motifs is 2. The van der Waals surface area contributed by atoms with E-state index in [-0.39, 0.29) is 0 Å². The van der Waals surface area contributed by atoms with E-state index in [2.05, 4.69) is 91.6 Å². The summed E-state index contributed by atoms with van der Waals surface area (Å²) in [4.78, 5) is 0. The number of benzene rings is 4. The van der Waals surface area contributed by atoms with Gasteiger partial charge in [-0.25, -0.2) is 0 Å². The maximum atomic E-state index is 7.11. The van der Waals surface area contributed by atoms with Gasteiger partial charge >= 0.3 is 196 Å². The fourth-order valence-electron chi connectivity index (χ4n) is 5.70. The van der Waals surface area contributed by atoms with Crippen LogP contribution in [0, 0.1) is 0 Å². The molecule has 0 bridgehead atoms. The van der Waals surface area contributed by atoms with Gasteiger partial charge < -0.3 is 0 Å². The molecule has 0 saturated carbocycles. The molecule has 0 aromatic heterocycles.